The fourth-order valence-electron chi connectivity index (χ4n) is 2.67. The van der Waals surface area contributed by atoms with E-state index in [9.17, 15) is 9.18 Å². The Morgan fingerprint density at radius 3 is 2.75 bits per heavy atom. The van der Waals surface area contributed by atoms with Crippen molar-refractivity contribution in [1.82, 2.24) is 5.32 Å². The third-order valence-electron chi connectivity index (χ3n) is 4.13. The minimum absolute atomic E-state index is 0.00796. The van der Waals surface area contributed by atoms with E-state index in [-0.39, 0.29) is 17.1 Å². The smallest absolute Gasteiger partial charge is 0.230 e. The number of ether oxygens (including phenoxy) is 1. The summed E-state index contributed by atoms with van der Waals surface area (Å²) >= 11 is 0. The van der Waals surface area contributed by atoms with Crippen molar-refractivity contribution >= 4 is 11.6 Å². The molecule has 0 unspecified atom stereocenters. The minimum atomic E-state index is -0.382. The van der Waals surface area contributed by atoms with Crippen LogP contribution in [0.4, 0.5) is 10.1 Å². The minimum Gasteiger partial charge on any atom is -0.494 e. The normalized spacial score (nSPS) is 17.6. The molecule has 0 saturated carbocycles. The van der Waals surface area contributed by atoms with Crippen molar-refractivity contribution < 1.29 is 13.9 Å². The molecule has 1 aromatic rings. The van der Waals surface area contributed by atoms with Gasteiger partial charge in [0.2, 0.25) is 5.91 Å². The molecule has 1 amide bonds. The molecule has 5 heteroatoms. The number of hydrogen-bond acceptors (Lipinski definition) is 3. The number of carbonyl (C=O) groups is 1. The van der Waals surface area contributed by atoms with Gasteiger partial charge in [0.1, 0.15) is 11.6 Å². The van der Waals surface area contributed by atoms with Crippen molar-refractivity contribution in [2.24, 2.45) is 5.41 Å². The van der Waals surface area contributed by atoms with Crippen molar-refractivity contribution in [3.63, 3.8) is 0 Å². The van der Waals surface area contributed by atoms with Crippen LogP contribution in [0.25, 0.3) is 0 Å². The highest BCUT2D eigenvalue weighted by molar-refractivity contribution is 5.96. The molecule has 0 aromatic heterocycles. The van der Waals surface area contributed by atoms with Crippen LogP contribution in [-0.2, 0) is 4.79 Å². The first-order valence-corrected chi connectivity index (χ1v) is 6.97. The molecule has 0 spiro atoms. The second-order valence-corrected chi connectivity index (χ2v) is 5.18. The summed E-state index contributed by atoms with van der Waals surface area (Å²) in [5.41, 5.74) is 0.176. The number of benzene rings is 1. The Morgan fingerprint density at radius 1 is 1.45 bits per heavy atom. The van der Waals surface area contributed by atoms with Gasteiger partial charge < -0.3 is 15.4 Å². The van der Waals surface area contributed by atoms with Gasteiger partial charge in [-0.25, -0.2) is 4.39 Å². The Kier molecular flexibility index (Phi) is 4.60. The monoisotopic (exact) mass is 280 g/mol. The Balaban J connectivity index is 2.18. The molecular weight excluding hydrogens is 259 g/mol. The van der Waals surface area contributed by atoms with E-state index in [1.54, 1.807) is 0 Å². The van der Waals surface area contributed by atoms with Crippen LogP contribution >= 0.6 is 0 Å². The second kappa shape index (κ2) is 6.22. The highest BCUT2D eigenvalue weighted by Crippen LogP contribution is 2.35. The number of anilines is 1. The van der Waals surface area contributed by atoms with Crippen LogP contribution < -0.4 is 15.4 Å². The number of hydrogen-bond donors (Lipinski definition) is 2. The van der Waals surface area contributed by atoms with E-state index in [0.29, 0.717) is 11.4 Å². The number of halogens is 1. The van der Waals surface area contributed by atoms with Gasteiger partial charge in [-0.05, 0) is 44.5 Å². The molecule has 2 rings (SSSR count). The molecule has 0 aliphatic carbocycles. The van der Waals surface area contributed by atoms with Gasteiger partial charge in [0.05, 0.1) is 18.2 Å². The van der Waals surface area contributed by atoms with E-state index in [1.807, 2.05) is 6.92 Å². The molecule has 1 aliphatic heterocycles. The summed E-state index contributed by atoms with van der Waals surface area (Å²) in [5.74, 6) is -0.0446. The predicted molar refractivity (Wildman–Crippen MR) is 76.4 cm³/mol. The van der Waals surface area contributed by atoms with Crippen LogP contribution in [-0.4, -0.2) is 26.1 Å². The average Bonchev–Trinajstić information content (AvgIpc) is 2.49. The maximum absolute atomic E-state index is 13.2. The molecule has 0 atom stereocenters. The topological polar surface area (TPSA) is 50.4 Å². The Bertz CT molecular complexity index is 485. The van der Waals surface area contributed by atoms with Crippen molar-refractivity contribution in [2.45, 2.75) is 26.2 Å². The van der Waals surface area contributed by atoms with Crippen LogP contribution in [0.2, 0.25) is 0 Å². The summed E-state index contributed by atoms with van der Waals surface area (Å²) in [4.78, 5) is 12.6. The van der Waals surface area contributed by atoms with E-state index >= 15 is 0 Å². The summed E-state index contributed by atoms with van der Waals surface area (Å²) in [6, 6.07) is 4.13. The van der Waals surface area contributed by atoms with Crippen LogP contribution in [0.5, 0.6) is 5.75 Å². The van der Waals surface area contributed by atoms with Gasteiger partial charge in [0.15, 0.2) is 0 Å². The maximum Gasteiger partial charge on any atom is 0.230 e. The lowest BCUT2D eigenvalue weighted by Gasteiger charge is -2.35. The molecular formula is C15H21FN2O2. The Hall–Kier alpha value is -1.62. The summed E-state index contributed by atoms with van der Waals surface area (Å²) < 4.78 is 18.3. The zero-order valence-corrected chi connectivity index (χ0v) is 12.0. The number of carbonyl (C=O) groups excluding carboxylic acids is 1. The molecule has 1 saturated heterocycles. The summed E-state index contributed by atoms with van der Waals surface area (Å²) in [6.45, 7) is 3.73. The third-order valence-corrected chi connectivity index (χ3v) is 4.13. The highest BCUT2D eigenvalue weighted by atomic mass is 19.1. The molecule has 1 aromatic carbocycles. The van der Waals surface area contributed by atoms with Gasteiger partial charge in [-0.15, -0.1) is 0 Å². The molecule has 1 heterocycles. The molecule has 2 N–H and O–H groups in total. The number of nitrogens with one attached hydrogen (secondary N) is 2. The lowest BCUT2D eigenvalue weighted by Crippen LogP contribution is -2.44. The van der Waals surface area contributed by atoms with Gasteiger partial charge >= 0.3 is 0 Å². The quantitative estimate of drug-likeness (QED) is 0.891. The fourth-order valence-corrected chi connectivity index (χ4v) is 2.67. The first-order valence-electron chi connectivity index (χ1n) is 6.97. The molecule has 4 nitrogen and oxygen atoms in total. The fraction of sp³-hybridized carbons (Fsp3) is 0.533. The summed E-state index contributed by atoms with van der Waals surface area (Å²) in [6.07, 6.45) is 2.43. The zero-order chi connectivity index (χ0) is 14.6. The van der Waals surface area contributed by atoms with Crippen LogP contribution in [0, 0.1) is 11.2 Å². The van der Waals surface area contributed by atoms with E-state index in [1.165, 1.54) is 25.3 Å². The molecule has 0 bridgehead atoms. The highest BCUT2D eigenvalue weighted by Gasteiger charge is 2.37. The number of rotatable bonds is 4. The van der Waals surface area contributed by atoms with Gasteiger partial charge in [0.25, 0.3) is 0 Å². The second-order valence-electron chi connectivity index (χ2n) is 5.18. The molecule has 110 valence electrons. The molecule has 0 radical (unpaired) electrons. The van der Waals surface area contributed by atoms with E-state index < -0.39 is 0 Å². The number of piperidine rings is 1. The summed E-state index contributed by atoms with van der Waals surface area (Å²) in [7, 11) is 1.46. The lowest BCUT2D eigenvalue weighted by molar-refractivity contribution is -0.127. The van der Waals surface area contributed by atoms with E-state index in [2.05, 4.69) is 10.6 Å². The van der Waals surface area contributed by atoms with Crippen LogP contribution in [0.15, 0.2) is 18.2 Å². The maximum atomic E-state index is 13.2. The van der Waals surface area contributed by atoms with Gasteiger partial charge in [-0.1, -0.05) is 6.92 Å². The van der Waals surface area contributed by atoms with Crippen molar-refractivity contribution in [3.05, 3.63) is 24.0 Å². The first-order chi connectivity index (χ1) is 9.61. The van der Waals surface area contributed by atoms with Crippen molar-refractivity contribution in [1.29, 1.82) is 0 Å². The Labute approximate surface area is 118 Å². The van der Waals surface area contributed by atoms with Crippen LogP contribution in [0.1, 0.15) is 26.2 Å². The Morgan fingerprint density at radius 2 is 2.15 bits per heavy atom. The van der Waals surface area contributed by atoms with Crippen LogP contribution in [0.3, 0.4) is 0 Å². The largest absolute Gasteiger partial charge is 0.494 e. The predicted octanol–water partition coefficient (Wildman–Crippen LogP) is 2.55. The van der Waals surface area contributed by atoms with E-state index in [0.717, 1.165) is 32.4 Å². The summed E-state index contributed by atoms with van der Waals surface area (Å²) in [5, 5.41) is 6.16. The van der Waals surface area contributed by atoms with Gasteiger partial charge in [0, 0.05) is 6.07 Å². The number of amides is 1. The third kappa shape index (κ3) is 2.93. The van der Waals surface area contributed by atoms with Gasteiger partial charge in [-0.3, -0.25) is 4.79 Å². The van der Waals surface area contributed by atoms with E-state index in [4.69, 9.17) is 4.74 Å². The van der Waals surface area contributed by atoms with Crippen molar-refractivity contribution in [2.75, 3.05) is 25.5 Å². The molecule has 20 heavy (non-hydrogen) atoms. The standard InChI is InChI=1S/C15H21FN2O2/c1-3-15(6-8-17-9-7-15)14(19)18-12-5-4-11(16)10-13(12)20-2/h4-5,10,17H,3,6-9H2,1-2H3,(H,18,19). The van der Waals surface area contributed by atoms with Gasteiger partial charge in [-0.2, -0.15) is 0 Å². The first kappa shape index (κ1) is 14.8. The lowest BCUT2D eigenvalue weighted by atomic mass is 9.76. The van der Waals surface area contributed by atoms with Crippen molar-refractivity contribution in [3.8, 4) is 5.75 Å². The average molecular weight is 280 g/mol. The molecule has 1 fully saturated rings. The molecule has 1 aliphatic rings. The SMILES string of the molecule is CCC1(C(=O)Nc2ccc(F)cc2OC)CCNCC1. The number of methoxy groups -OCH3 is 1. The zero-order valence-electron chi connectivity index (χ0n) is 12.0.